The van der Waals surface area contributed by atoms with Crippen molar-refractivity contribution in [1.29, 1.82) is 0 Å². The fraction of sp³-hybridized carbons (Fsp3) is 0.500. The minimum absolute atomic E-state index is 0.0237. The molecule has 68 valence electrons. The zero-order chi connectivity index (χ0) is 9.56. The molecule has 0 fully saturated rings. The van der Waals surface area contributed by atoms with Gasteiger partial charge in [0.2, 0.25) is 5.71 Å². The first kappa shape index (κ1) is 10.4. The molecule has 0 saturated heterocycles. The van der Waals surface area contributed by atoms with Crippen molar-refractivity contribution in [1.82, 2.24) is 0 Å². The summed E-state index contributed by atoms with van der Waals surface area (Å²) in [5.74, 6) is -0.841. The number of oxime groups is 2. The van der Waals surface area contributed by atoms with Crippen molar-refractivity contribution < 1.29 is 19.9 Å². The highest BCUT2D eigenvalue weighted by Gasteiger charge is 2.18. The molecular formula is C6H10N2O4. The second-order valence-corrected chi connectivity index (χ2v) is 1.84. The summed E-state index contributed by atoms with van der Waals surface area (Å²) in [7, 11) is 1.14. The van der Waals surface area contributed by atoms with E-state index in [-0.39, 0.29) is 17.8 Å². The lowest BCUT2D eigenvalue weighted by atomic mass is 10.2. The first-order chi connectivity index (χ1) is 5.71. The molecular weight excluding hydrogens is 164 g/mol. The molecule has 0 saturated carbocycles. The predicted molar refractivity (Wildman–Crippen MR) is 40.8 cm³/mol. The molecule has 6 heteroatoms. The van der Waals surface area contributed by atoms with Gasteiger partial charge in [0.05, 0.1) is 7.11 Å². The van der Waals surface area contributed by atoms with E-state index >= 15 is 0 Å². The molecule has 0 aromatic rings. The van der Waals surface area contributed by atoms with Crippen LogP contribution in [0, 0.1) is 0 Å². The van der Waals surface area contributed by atoms with Gasteiger partial charge in [-0.3, -0.25) is 0 Å². The van der Waals surface area contributed by atoms with Gasteiger partial charge >= 0.3 is 5.97 Å². The van der Waals surface area contributed by atoms with Crippen molar-refractivity contribution >= 4 is 17.4 Å². The molecule has 0 aliphatic rings. The topological polar surface area (TPSA) is 91.5 Å². The smallest absolute Gasteiger partial charge is 0.362 e. The largest absolute Gasteiger partial charge is 0.464 e. The summed E-state index contributed by atoms with van der Waals surface area (Å²) in [6.07, 6.45) is 0.269. The molecule has 0 bridgehead atoms. The lowest BCUT2D eigenvalue weighted by Gasteiger charge is -2.00. The lowest BCUT2D eigenvalue weighted by Crippen LogP contribution is -2.25. The Labute approximate surface area is 69.1 Å². The normalized spacial score (nSPS) is 12.8. The molecule has 12 heavy (non-hydrogen) atoms. The van der Waals surface area contributed by atoms with Crippen LogP contribution in [0.5, 0.6) is 0 Å². The van der Waals surface area contributed by atoms with Gasteiger partial charge in [-0.05, 0) is 6.42 Å². The average molecular weight is 174 g/mol. The van der Waals surface area contributed by atoms with E-state index in [1.807, 2.05) is 0 Å². The Bertz CT molecular complexity index is 222. The van der Waals surface area contributed by atoms with Crippen molar-refractivity contribution in [2.24, 2.45) is 10.3 Å². The predicted octanol–water partition coefficient (Wildman–Crippen LogP) is 0.230. The van der Waals surface area contributed by atoms with Crippen LogP contribution in [-0.4, -0.2) is 34.9 Å². The molecule has 0 radical (unpaired) electrons. The minimum Gasteiger partial charge on any atom is -0.464 e. The zero-order valence-electron chi connectivity index (χ0n) is 6.81. The Morgan fingerprint density at radius 3 is 2.25 bits per heavy atom. The maximum Gasteiger partial charge on any atom is 0.362 e. The van der Waals surface area contributed by atoms with Gasteiger partial charge in [-0.25, -0.2) is 4.79 Å². The zero-order valence-corrected chi connectivity index (χ0v) is 6.81. The van der Waals surface area contributed by atoms with E-state index in [0.29, 0.717) is 0 Å². The van der Waals surface area contributed by atoms with Gasteiger partial charge in [-0.1, -0.05) is 17.2 Å². The molecule has 6 nitrogen and oxygen atoms in total. The van der Waals surface area contributed by atoms with Gasteiger partial charge in [0, 0.05) is 0 Å². The molecule has 0 amide bonds. The monoisotopic (exact) mass is 174 g/mol. The van der Waals surface area contributed by atoms with E-state index in [1.165, 1.54) is 0 Å². The van der Waals surface area contributed by atoms with Crippen LogP contribution in [0.2, 0.25) is 0 Å². The SMILES string of the molecule is CCC(=N\O)/C(=N\O)C(=O)OC. The van der Waals surface area contributed by atoms with E-state index in [0.717, 1.165) is 7.11 Å². The summed E-state index contributed by atoms with van der Waals surface area (Å²) in [4.78, 5) is 10.8. The minimum atomic E-state index is -0.841. The van der Waals surface area contributed by atoms with E-state index < -0.39 is 5.97 Å². The van der Waals surface area contributed by atoms with Gasteiger partial charge in [0.1, 0.15) is 5.71 Å². The van der Waals surface area contributed by atoms with Crippen LogP contribution >= 0.6 is 0 Å². The first-order valence-electron chi connectivity index (χ1n) is 3.22. The molecule has 0 spiro atoms. The highest BCUT2D eigenvalue weighted by molar-refractivity contribution is 6.65. The number of carbonyl (C=O) groups excluding carboxylic acids is 1. The number of esters is 1. The molecule has 0 aliphatic heterocycles. The van der Waals surface area contributed by atoms with Crippen LogP contribution in [-0.2, 0) is 9.53 Å². The van der Waals surface area contributed by atoms with Crippen LogP contribution in [0.25, 0.3) is 0 Å². The van der Waals surface area contributed by atoms with E-state index in [4.69, 9.17) is 10.4 Å². The number of hydrogen-bond donors (Lipinski definition) is 2. The highest BCUT2D eigenvalue weighted by atomic mass is 16.5. The quantitative estimate of drug-likeness (QED) is 0.277. The number of hydrogen-bond acceptors (Lipinski definition) is 6. The fourth-order valence-electron chi connectivity index (χ4n) is 0.599. The highest BCUT2D eigenvalue weighted by Crippen LogP contribution is 1.92. The van der Waals surface area contributed by atoms with E-state index in [2.05, 4.69) is 15.0 Å². The second-order valence-electron chi connectivity index (χ2n) is 1.84. The Kier molecular flexibility index (Phi) is 4.43. The third-order valence-electron chi connectivity index (χ3n) is 1.21. The standard InChI is InChI=1S/C6H10N2O4/c1-3-4(7-10)5(8-11)6(9)12-2/h10-11H,3H2,1-2H3/b7-4+,8-5+. The van der Waals surface area contributed by atoms with Crippen LogP contribution in [0.4, 0.5) is 0 Å². The number of carbonyl (C=O) groups is 1. The number of nitrogens with zero attached hydrogens (tertiary/aromatic N) is 2. The van der Waals surface area contributed by atoms with Gasteiger partial charge < -0.3 is 15.2 Å². The first-order valence-corrected chi connectivity index (χ1v) is 3.22. The molecule has 2 N–H and O–H groups in total. The number of methoxy groups -OCH3 is 1. The molecule has 0 heterocycles. The summed E-state index contributed by atoms with van der Waals surface area (Å²) in [5, 5.41) is 22.1. The third-order valence-corrected chi connectivity index (χ3v) is 1.21. The molecule has 0 aromatic carbocycles. The molecule has 0 atom stereocenters. The summed E-state index contributed by atoms with van der Waals surface area (Å²) >= 11 is 0. The Balaban J connectivity index is 4.68. The summed E-state index contributed by atoms with van der Waals surface area (Å²) < 4.78 is 4.27. The number of rotatable bonds is 3. The lowest BCUT2D eigenvalue weighted by molar-refractivity contribution is -0.132. The fourth-order valence-corrected chi connectivity index (χ4v) is 0.599. The molecule has 0 aliphatic carbocycles. The van der Waals surface area contributed by atoms with Crippen molar-refractivity contribution in [2.75, 3.05) is 7.11 Å². The van der Waals surface area contributed by atoms with E-state index in [9.17, 15) is 4.79 Å². The second kappa shape index (κ2) is 5.11. The van der Waals surface area contributed by atoms with Gasteiger partial charge in [-0.15, -0.1) is 0 Å². The Morgan fingerprint density at radius 2 is 2.00 bits per heavy atom. The van der Waals surface area contributed by atoms with Crippen molar-refractivity contribution in [3.8, 4) is 0 Å². The van der Waals surface area contributed by atoms with E-state index in [1.54, 1.807) is 6.92 Å². The summed E-state index contributed by atoms with van der Waals surface area (Å²) in [6.45, 7) is 1.64. The van der Waals surface area contributed by atoms with Gasteiger partial charge in [-0.2, -0.15) is 0 Å². The molecule has 0 rings (SSSR count). The number of ether oxygens (including phenoxy) is 1. The van der Waals surface area contributed by atoms with Crippen LogP contribution in [0.15, 0.2) is 10.3 Å². The van der Waals surface area contributed by atoms with Crippen molar-refractivity contribution in [3.05, 3.63) is 0 Å². The van der Waals surface area contributed by atoms with Crippen LogP contribution < -0.4 is 0 Å². The average Bonchev–Trinajstić information content (AvgIpc) is 2.12. The summed E-state index contributed by atoms with van der Waals surface area (Å²) in [5.41, 5.74) is -0.410. The van der Waals surface area contributed by atoms with Crippen molar-refractivity contribution in [2.45, 2.75) is 13.3 Å². The molecule has 0 aromatic heterocycles. The Morgan fingerprint density at radius 1 is 1.42 bits per heavy atom. The van der Waals surface area contributed by atoms with Gasteiger partial charge in [0.25, 0.3) is 0 Å². The molecule has 0 unspecified atom stereocenters. The third kappa shape index (κ3) is 2.22. The maximum atomic E-state index is 10.8. The maximum absolute atomic E-state index is 10.8. The van der Waals surface area contributed by atoms with Crippen LogP contribution in [0.3, 0.4) is 0 Å². The van der Waals surface area contributed by atoms with Crippen molar-refractivity contribution in [3.63, 3.8) is 0 Å². The summed E-state index contributed by atoms with van der Waals surface area (Å²) in [6, 6.07) is 0. The Hall–Kier alpha value is -1.59. The van der Waals surface area contributed by atoms with Crippen LogP contribution in [0.1, 0.15) is 13.3 Å². The van der Waals surface area contributed by atoms with Gasteiger partial charge in [0.15, 0.2) is 0 Å².